The van der Waals surface area contributed by atoms with Crippen molar-refractivity contribution in [1.29, 1.82) is 0 Å². The van der Waals surface area contributed by atoms with Gasteiger partial charge in [0.05, 0.1) is 31.9 Å². The lowest BCUT2D eigenvalue weighted by Crippen LogP contribution is -2.44. The van der Waals surface area contributed by atoms with Crippen LogP contribution in [0.2, 0.25) is 0 Å². The maximum atomic E-state index is 12.2. The Morgan fingerprint density at radius 2 is 1.88 bits per heavy atom. The minimum atomic E-state index is -1.30. The number of ether oxygens (including phenoxy) is 3. The summed E-state index contributed by atoms with van der Waals surface area (Å²) in [6.45, 7) is -0.0865. The van der Waals surface area contributed by atoms with Crippen molar-refractivity contribution in [1.82, 2.24) is 5.32 Å². The van der Waals surface area contributed by atoms with Crippen LogP contribution in [0.3, 0.4) is 0 Å². The van der Waals surface area contributed by atoms with Gasteiger partial charge in [0.1, 0.15) is 11.7 Å². The van der Waals surface area contributed by atoms with Crippen molar-refractivity contribution in [2.45, 2.75) is 31.0 Å². The van der Waals surface area contributed by atoms with E-state index in [0.717, 1.165) is 0 Å². The van der Waals surface area contributed by atoms with Gasteiger partial charge in [-0.25, -0.2) is 9.59 Å². The number of hydrogen-bond donors (Lipinski definition) is 2. The lowest BCUT2D eigenvalue weighted by Gasteiger charge is -2.25. The van der Waals surface area contributed by atoms with E-state index in [9.17, 15) is 19.2 Å². The van der Waals surface area contributed by atoms with Gasteiger partial charge in [0.2, 0.25) is 5.91 Å². The molecule has 2 N–H and O–H groups in total. The largest absolute Gasteiger partial charge is 0.481 e. The molecule has 0 saturated heterocycles. The van der Waals surface area contributed by atoms with Crippen LogP contribution in [0.15, 0.2) is 23.3 Å². The van der Waals surface area contributed by atoms with Crippen LogP contribution in [0.4, 0.5) is 0 Å². The maximum Gasteiger partial charge on any atom is 0.337 e. The van der Waals surface area contributed by atoms with Crippen molar-refractivity contribution >= 4 is 23.8 Å². The predicted molar refractivity (Wildman–Crippen MR) is 82.3 cm³/mol. The highest BCUT2D eigenvalue weighted by molar-refractivity contribution is 6.05. The monoisotopic (exact) mass is 353 g/mol. The summed E-state index contributed by atoms with van der Waals surface area (Å²) in [6.07, 6.45) is 2.56. The van der Waals surface area contributed by atoms with Crippen molar-refractivity contribution in [2.24, 2.45) is 0 Å². The first-order valence-electron chi connectivity index (χ1n) is 7.61. The van der Waals surface area contributed by atoms with E-state index in [0.29, 0.717) is 0 Å². The summed E-state index contributed by atoms with van der Waals surface area (Å²) < 4.78 is 15.2. The Labute approximate surface area is 143 Å². The summed E-state index contributed by atoms with van der Waals surface area (Å²) in [5.41, 5.74) is -1.25. The second-order valence-electron chi connectivity index (χ2n) is 5.58. The van der Waals surface area contributed by atoms with E-state index in [2.05, 4.69) is 5.32 Å². The molecule has 9 heteroatoms. The number of fused-ring (bicyclic) bond motifs is 2. The molecule has 2 aliphatic rings. The quantitative estimate of drug-likeness (QED) is 0.450. The average molecular weight is 353 g/mol. The number of amides is 1. The molecule has 2 heterocycles. The number of carbonyl (C=O) groups is 4. The van der Waals surface area contributed by atoms with Crippen LogP contribution in [0.25, 0.3) is 0 Å². The molecule has 2 bridgehead atoms. The fourth-order valence-electron chi connectivity index (χ4n) is 2.84. The van der Waals surface area contributed by atoms with Crippen molar-refractivity contribution in [3.05, 3.63) is 23.3 Å². The summed E-state index contributed by atoms with van der Waals surface area (Å²) in [6, 6.07) is 0. The molecule has 0 aromatic rings. The number of rotatable bonds is 8. The Balaban J connectivity index is 2.12. The number of methoxy groups -OCH3 is 2. The van der Waals surface area contributed by atoms with Crippen molar-refractivity contribution in [3.63, 3.8) is 0 Å². The minimum absolute atomic E-state index is 0.000172. The second-order valence-corrected chi connectivity index (χ2v) is 5.58. The lowest BCUT2D eigenvalue weighted by molar-refractivity contribution is -0.139. The van der Waals surface area contributed by atoms with Crippen LogP contribution >= 0.6 is 0 Å². The molecule has 25 heavy (non-hydrogen) atoms. The fourth-order valence-corrected chi connectivity index (χ4v) is 2.84. The number of carboxylic acids is 1. The topological polar surface area (TPSA) is 128 Å². The molecule has 0 aromatic carbocycles. The number of hydrogen-bond acceptors (Lipinski definition) is 7. The van der Waals surface area contributed by atoms with Gasteiger partial charge in [-0.05, 0) is 12.5 Å². The minimum Gasteiger partial charge on any atom is -0.481 e. The molecular formula is C16H19NO8. The second kappa shape index (κ2) is 7.47. The van der Waals surface area contributed by atoms with E-state index in [4.69, 9.17) is 19.3 Å². The normalized spacial score (nSPS) is 23.5. The zero-order valence-electron chi connectivity index (χ0n) is 13.9. The van der Waals surface area contributed by atoms with Crippen LogP contribution in [-0.4, -0.2) is 61.4 Å². The maximum absolute atomic E-state index is 12.2. The fraction of sp³-hybridized carbons (Fsp3) is 0.500. The smallest absolute Gasteiger partial charge is 0.337 e. The van der Waals surface area contributed by atoms with Gasteiger partial charge in [-0.3, -0.25) is 9.59 Å². The van der Waals surface area contributed by atoms with Crippen molar-refractivity contribution in [2.75, 3.05) is 20.8 Å². The van der Waals surface area contributed by atoms with Gasteiger partial charge in [0.15, 0.2) is 0 Å². The van der Waals surface area contributed by atoms with Gasteiger partial charge in [-0.1, -0.05) is 6.08 Å². The number of esters is 2. The summed E-state index contributed by atoms with van der Waals surface area (Å²) >= 11 is 0. The Morgan fingerprint density at radius 1 is 1.20 bits per heavy atom. The molecule has 2 aliphatic heterocycles. The van der Waals surface area contributed by atoms with E-state index in [1.165, 1.54) is 14.2 Å². The standard InChI is InChI=1S/C16H19NO8/c1-23-14(21)12-9-6-7-16(25-9,13(12)15(22)24-2)8-17-10(18)4-3-5-11(19)20/h6-7,9H,3-5,8H2,1-2H3,(H,17,18)(H,19,20)/t9-,16?/m0/s1. The first-order valence-corrected chi connectivity index (χ1v) is 7.61. The lowest BCUT2D eigenvalue weighted by atomic mass is 9.86. The van der Waals surface area contributed by atoms with Crippen molar-refractivity contribution in [3.8, 4) is 0 Å². The Morgan fingerprint density at radius 3 is 2.48 bits per heavy atom. The highest BCUT2D eigenvalue weighted by atomic mass is 16.6. The highest BCUT2D eigenvalue weighted by Crippen LogP contribution is 2.43. The van der Waals surface area contributed by atoms with Gasteiger partial charge in [0, 0.05) is 12.8 Å². The van der Waals surface area contributed by atoms with Gasteiger partial charge in [0.25, 0.3) is 0 Å². The third kappa shape index (κ3) is 3.71. The average Bonchev–Trinajstić information content (AvgIpc) is 3.14. The zero-order valence-corrected chi connectivity index (χ0v) is 13.9. The highest BCUT2D eigenvalue weighted by Gasteiger charge is 2.54. The molecule has 0 aliphatic carbocycles. The molecule has 0 saturated carbocycles. The number of carbonyl (C=O) groups excluding carboxylic acids is 3. The van der Waals surface area contributed by atoms with E-state index >= 15 is 0 Å². The van der Waals surface area contributed by atoms with Crippen LogP contribution < -0.4 is 5.32 Å². The molecule has 0 aromatic heterocycles. The van der Waals surface area contributed by atoms with Gasteiger partial charge < -0.3 is 24.6 Å². The number of nitrogens with one attached hydrogen (secondary N) is 1. The molecule has 9 nitrogen and oxygen atoms in total. The Hall–Kier alpha value is -2.68. The third-order valence-electron chi connectivity index (χ3n) is 3.99. The molecule has 2 rings (SSSR count). The zero-order chi connectivity index (χ0) is 18.6. The predicted octanol–water partition coefficient (Wildman–Crippen LogP) is -0.292. The molecule has 2 atom stereocenters. The summed E-state index contributed by atoms with van der Waals surface area (Å²) in [7, 11) is 2.37. The van der Waals surface area contributed by atoms with Gasteiger partial charge in [-0.2, -0.15) is 0 Å². The van der Waals surface area contributed by atoms with Crippen LogP contribution in [0.5, 0.6) is 0 Å². The van der Waals surface area contributed by atoms with Crippen LogP contribution in [-0.2, 0) is 33.4 Å². The third-order valence-corrected chi connectivity index (χ3v) is 3.99. The molecule has 0 spiro atoms. The molecule has 1 unspecified atom stereocenters. The first-order chi connectivity index (χ1) is 11.8. The van der Waals surface area contributed by atoms with Gasteiger partial charge in [-0.15, -0.1) is 0 Å². The first kappa shape index (κ1) is 18.7. The van der Waals surface area contributed by atoms with Crippen LogP contribution in [0.1, 0.15) is 19.3 Å². The molecular weight excluding hydrogens is 334 g/mol. The SMILES string of the molecule is COC(=O)C1=C(C(=O)OC)C2(CNC(=O)CCCC(=O)O)C=C[C@@H]1O2. The molecule has 0 radical (unpaired) electrons. The molecule has 136 valence electrons. The summed E-state index contributed by atoms with van der Waals surface area (Å²) in [5.74, 6) is -2.81. The van der Waals surface area contributed by atoms with Crippen LogP contribution in [0, 0.1) is 0 Å². The molecule has 0 fully saturated rings. The van der Waals surface area contributed by atoms with Crippen molar-refractivity contribution < 1.29 is 38.5 Å². The van der Waals surface area contributed by atoms with Gasteiger partial charge >= 0.3 is 17.9 Å². The number of aliphatic carboxylic acids is 1. The van der Waals surface area contributed by atoms with E-state index in [1.807, 2.05) is 0 Å². The molecule has 1 amide bonds. The van der Waals surface area contributed by atoms with E-state index in [-0.39, 0.29) is 42.9 Å². The number of carboxylic acid groups (broad SMARTS) is 1. The van der Waals surface area contributed by atoms with E-state index < -0.39 is 29.6 Å². The Kier molecular flexibility index (Phi) is 5.58. The summed E-state index contributed by atoms with van der Waals surface area (Å²) in [4.78, 5) is 46.5. The van der Waals surface area contributed by atoms with E-state index in [1.54, 1.807) is 12.2 Å². The summed E-state index contributed by atoms with van der Waals surface area (Å²) in [5, 5.41) is 11.2. The Bertz CT molecular complexity index is 665.